The lowest BCUT2D eigenvalue weighted by molar-refractivity contribution is -0.137. The molecule has 0 atom stereocenters. The maximum absolute atomic E-state index is 11.9. The zero-order chi connectivity index (χ0) is 15.3. The van der Waals surface area contributed by atoms with E-state index in [0.717, 1.165) is 4.31 Å². The molecule has 0 heterocycles. The summed E-state index contributed by atoms with van der Waals surface area (Å²) in [7, 11) is -2.70. The lowest BCUT2D eigenvalue weighted by atomic mass is 10.2. The monoisotopic (exact) mass is 302 g/mol. The van der Waals surface area contributed by atoms with Crippen molar-refractivity contribution in [3.05, 3.63) is 29.8 Å². The van der Waals surface area contributed by atoms with Crippen LogP contribution in [0.25, 0.3) is 0 Å². The maximum atomic E-state index is 11.9. The molecule has 1 rings (SSSR count). The molecule has 0 spiro atoms. The number of aliphatic carboxylic acids is 1. The van der Waals surface area contributed by atoms with Crippen LogP contribution in [0.2, 0.25) is 0 Å². The maximum Gasteiger partial charge on any atom is 0.335 e. The lowest BCUT2D eigenvalue weighted by Crippen LogP contribution is -2.34. The first kappa shape index (κ1) is 15.9. The fourth-order valence-corrected chi connectivity index (χ4v) is 2.23. The van der Waals surface area contributed by atoms with E-state index in [1.165, 1.54) is 31.3 Å². The Bertz CT molecular complexity index is 613. The number of anilines is 1. The van der Waals surface area contributed by atoms with Crippen LogP contribution in [0.4, 0.5) is 5.69 Å². The van der Waals surface area contributed by atoms with E-state index in [1.807, 2.05) is 0 Å². The van der Waals surface area contributed by atoms with Gasteiger partial charge in [0.15, 0.2) is 0 Å². The highest BCUT2D eigenvalue weighted by molar-refractivity contribution is 7.90. The highest BCUT2D eigenvalue weighted by Crippen LogP contribution is 2.13. The van der Waals surface area contributed by atoms with E-state index >= 15 is 0 Å². The van der Waals surface area contributed by atoms with Crippen molar-refractivity contribution in [2.75, 3.05) is 18.3 Å². The first-order chi connectivity index (χ1) is 9.22. The second-order valence-electron chi connectivity index (χ2n) is 3.96. The molecule has 1 aromatic carbocycles. The Morgan fingerprint density at radius 3 is 2.50 bits per heavy atom. The van der Waals surface area contributed by atoms with Crippen LogP contribution in [0.5, 0.6) is 0 Å². The van der Waals surface area contributed by atoms with Crippen molar-refractivity contribution in [1.29, 1.82) is 0 Å². The predicted molar refractivity (Wildman–Crippen MR) is 70.8 cm³/mol. The SMILES string of the molecule is CN(CCC(=O)O)S(=O)(=O)Nc1cccc(C(=O)O)c1. The van der Waals surface area contributed by atoms with E-state index < -0.39 is 22.1 Å². The van der Waals surface area contributed by atoms with Crippen LogP contribution < -0.4 is 4.72 Å². The van der Waals surface area contributed by atoms with E-state index in [9.17, 15) is 18.0 Å². The number of benzene rings is 1. The van der Waals surface area contributed by atoms with Gasteiger partial charge in [0.25, 0.3) is 0 Å². The van der Waals surface area contributed by atoms with Gasteiger partial charge in [-0.3, -0.25) is 9.52 Å². The van der Waals surface area contributed by atoms with Crippen molar-refractivity contribution < 1.29 is 28.2 Å². The minimum absolute atomic E-state index is 0.0570. The third kappa shape index (κ3) is 4.52. The molecular weight excluding hydrogens is 288 g/mol. The summed E-state index contributed by atoms with van der Waals surface area (Å²) in [5.41, 5.74) is 0.0328. The Hall–Kier alpha value is -2.13. The highest BCUT2D eigenvalue weighted by Gasteiger charge is 2.18. The first-order valence-corrected chi connectivity index (χ1v) is 6.95. The molecule has 0 fully saturated rings. The van der Waals surface area contributed by atoms with Crippen LogP contribution >= 0.6 is 0 Å². The molecule has 0 aliphatic heterocycles. The molecule has 0 saturated carbocycles. The average molecular weight is 302 g/mol. The van der Waals surface area contributed by atoms with Crippen LogP contribution in [0.3, 0.4) is 0 Å². The van der Waals surface area contributed by atoms with E-state index in [0.29, 0.717) is 0 Å². The van der Waals surface area contributed by atoms with Crippen molar-refractivity contribution >= 4 is 27.8 Å². The van der Waals surface area contributed by atoms with Crippen molar-refractivity contribution in [2.45, 2.75) is 6.42 Å². The summed E-state index contributed by atoms with van der Waals surface area (Å²) in [5, 5.41) is 17.3. The van der Waals surface area contributed by atoms with Gasteiger partial charge in [0.2, 0.25) is 0 Å². The molecule has 110 valence electrons. The van der Waals surface area contributed by atoms with Gasteiger partial charge in [-0.2, -0.15) is 12.7 Å². The van der Waals surface area contributed by atoms with E-state index in [4.69, 9.17) is 10.2 Å². The standard InChI is InChI=1S/C11H14N2O6S/c1-13(6-5-10(14)15)20(18,19)12-9-4-2-3-8(7-9)11(16)17/h2-4,7,12H,5-6H2,1H3,(H,14,15)(H,16,17). The van der Waals surface area contributed by atoms with Crippen LogP contribution in [0.1, 0.15) is 16.8 Å². The van der Waals surface area contributed by atoms with Crippen LogP contribution in [0.15, 0.2) is 24.3 Å². The van der Waals surface area contributed by atoms with E-state index in [2.05, 4.69) is 4.72 Å². The molecule has 0 aliphatic rings. The molecule has 1 aromatic rings. The first-order valence-electron chi connectivity index (χ1n) is 5.51. The number of nitrogens with zero attached hydrogens (tertiary/aromatic N) is 1. The van der Waals surface area contributed by atoms with Gasteiger partial charge in [-0.1, -0.05) is 6.07 Å². The lowest BCUT2D eigenvalue weighted by Gasteiger charge is -2.17. The molecule has 8 nitrogen and oxygen atoms in total. The topological polar surface area (TPSA) is 124 Å². The summed E-state index contributed by atoms with van der Waals surface area (Å²) in [5.74, 6) is -2.29. The molecule has 0 saturated heterocycles. The Kier molecular flexibility index (Phi) is 5.06. The summed E-state index contributed by atoms with van der Waals surface area (Å²) < 4.78 is 26.8. The molecule has 0 aliphatic carbocycles. The molecular formula is C11H14N2O6S. The summed E-state index contributed by atoms with van der Waals surface area (Å²) >= 11 is 0. The fourth-order valence-electron chi connectivity index (χ4n) is 1.32. The Morgan fingerprint density at radius 2 is 1.95 bits per heavy atom. The Morgan fingerprint density at radius 1 is 1.30 bits per heavy atom. The van der Waals surface area contributed by atoms with Gasteiger partial charge in [0.05, 0.1) is 17.7 Å². The smallest absolute Gasteiger partial charge is 0.335 e. The number of hydrogen-bond donors (Lipinski definition) is 3. The Balaban J connectivity index is 2.82. The molecule has 3 N–H and O–H groups in total. The second-order valence-corrected chi connectivity index (χ2v) is 5.74. The number of carboxylic acids is 2. The number of carbonyl (C=O) groups is 2. The third-order valence-corrected chi connectivity index (χ3v) is 3.90. The summed E-state index contributed by atoms with van der Waals surface area (Å²) in [6.45, 7) is -0.191. The zero-order valence-electron chi connectivity index (χ0n) is 10.6. The minimum Gasteiger partial charge on any atom is -0.481 e. The second kappa shape index (κ2) is 6.35. The van der Waals surface area contributed by atoms with Gasteiger partial charge < -0.3 is 10.2 Å². The minimum atomic E-state index is -3.92. The van der Waals surface area contributed by atoms with Gasteiger partial charge in [-0.25, -0.2) is 4.79 Å². The average Bonchev–Trinajstić information content (AvgIpc) is 2.35. The zero-order valence-corrected chi connectivity index (χ0v) is 11.4. The number of nitrogens with one attached hydrogen (secondary N) is 1. The van der Waals surface area contributed by atoms with Crippen molar-refractivity contribution in [1.82, 2.24) is 4.31 Å². The number of aromatic carboxylic acids is 1. The fraction of sp³-hybridized carbons (Fsp3) is 0.273. The van der Waals surface area contributed by atoms with Crippen LogP contribution in [-0.2, 0) is 15.0 Å². The molecule has 0 aromatic heterocycles. The van der Waals surface area contributed by atoms with Gasteiger partial charge in [0.1, 0.15) is 0 Å². The number of hydrogen-bond acceptors (Lipinski definition) is 4. The molecule has 0 amide bonds. The van der Waals surface area contributed by atoms with Gasteiger partial charge in [0, 0.05) is 13.6 Å². The summed E-state index contributed by atoms with van der Waals surface area (Å²) in [4.78, 5) is 21.2. The normalized spacial score (nSPS) is 11.3. The van der Waals surface area contributed by atoms with Crippen LogP contribution in [-0.4, -0.2) is 48.5 Å². The molecule has 9 heteroatoms. The van der Waals surface area contributed by atoms with E-state index in [-0.39, 0.29) is 24.2 Å². The quantitative estimate of drug-likeness (QED) is 0.671. The van der Waals surface area contributed by atoms with Crippen LogP contribution in [0, 0.1) is 0 Å². The molecule has 0 radical (unpaired) electrons. The Labute approximate surface area is 115 Å². The van der Waals surface area contributed by atoms with Crippen molar-refractivity contribution in [2.24, 2.45) is 0 Å². The van der Waals surface area contributed by atoms with Gasteiger partial charge >= 0.3 is 22.1 Å². The number of rotatable bonds is 7. The van der Waals surface area contributed by atoms with Crippen molar-refractivity contribution in [3.63, 3.8) is 0 Å². The third-order valence-electron chi connectivity index (χ3n) is 2.41. The van der Waals surface area contributed by atoms with Crippen molar-refractivity contribution in [3.8, 4) is 0 Å². The van der Waals surface area contributed by atoms with Gasteiger partial charge in [-0.05, 0) is 18.2 Å². The molecule has 0 unspecified atom stereocenters. The largest absolute Gasteiger partial charge is 0.481 e. The molecule has 20 heavy (non-hydrogen) atoms. The number of carboxylic acid groups (broad SMARTS) is 2. The summed E-state index contributed by atoms with van der Waals surface area (Å²) in [6, 6.07) is 5.30. The van der Waals surface area contributed by atoms with E-state index in [1.54, 1.807) is 0 Å². The predicted octanol–water partition coefficient (Wildman–Crippen LogP) is 0.448. The molecule has 0 bridgehead atoms. The summed E-state index contributed by atoms with van der Waals surface area (Å²) in [6.07, 6.45) is -0.327. The highest BCUT2D eigenvalue weighted by atomic mass is 32.2. The van der Waals surface area contributed by atoms with Gasteiger partial charge in [-0.15, -0.1) is 0 Å².